The minimum Gasteiger partial charge on any atom is -0.465 e. The number of nitrogens with zero attached hydrogens (tertiary/aromatic N) is 3. The molecule has 0 unspecified atom stereocenters. The summed E-state index contributed by atoms with van der Waals surface area (Å²) >= 11 is 5.67. The Hall–Kier alpha value is -1.63. The summed E-state index contributed by atoms with van der Waals surface area (Å²) in [5, 5.41) is 11.4. The first-order chi connectivity index (χ1) is 8.94. The number of fused-ring (bicyclic) bond motifs is 1. The number of aromatic nitrogens is 2. The van der Waals surface area contributed by atoms with Crippen LogP contribution in [0.4, 0.5) is 15.0 Å². The Morgan fingerprint density at radius 3 is 3.16 bits per heavy atom. The van der Waals surface area contributed by atoms with E-state index in [2.05, 4.69) is 15.3 Å². The van der Waals surface area contributed by atoms with Gasteiger partial charge in [-0.3, -0.25) is 0 Å². The molecule has 1 aromatic rings. The molecular formula is C11H12ClFN4O2. The minimum absolute atomic E-state index is 0.0229. The first kappa shape index (κ1) is 12.4. The van der Waals surface area contributed by atoms with Crippen molar-refractivity contribution in [2.75, 3.05) is 18.0 Å². The highest BCUT2D eigenvalue weighted by Crippen LogP contribution is 2.55. The highest BCUT2D eigenvalue weighted by Gasteiger charge is 2.68. The van der Waals surface area contributed by atoms with E-state index >= 15 is 0 Å². The number of carboxylic acid groups (broad SMARTS) is 1. The zero-order valence-corrected chi connectivity index (χ0v) is 10.9. The van der Waals surface area contributed by atoms with Crippen LogP contribution in [-0.2, 0) is 0 Å². The third-order valence-electron chi connectivity index (χ3n) is 4.17. The van der Waals surface area contributed by atoms with Gasteiger partial charge in [0.1, 0.15) is 0 Å². The maximum atomic E-state index is 13.7. The molecule has 1 saturated carbocycles. The van der Waals surface area contributed by atoms with Crippen LogP contribution in [0.25, 0.3) is 0 Å². The molecule has 0 aromatic carbocycles. The van der Waals surface area contributed by atoms with Crippen LogP contribution in [0.1, 0.15) is 6.92 Å². The molecule has 0 radical (unpaired) electrons. The summed E-state index contributed by atoms with van der Waals surface area (Å²) in [6, 6.07) is 0. The van der Waals surface area contributed by atoms with Gasteiger partial charge in [0.15, 0.2) is 11.6 Å². The van der Waals surface area contributed by atoms with Crippen LogP contribution in [-0.4, -0.2) is 39.8 Å². The van der Waals surface area contributed by atoms with Crippen molar-refractivity contribution in [2.45, 2.75) is 12.5 Å². The lowest BCUT2D eigenvalue weighted by molar-refractivity contribution is 0.187. The highest BCUT2D eigenvalue weighted by atomic mass is 35.5. The number of piperidine rings is 1. The van der Waals surface area contributed by atoms with E-state index in [9.17, 15) is 9.18 Å². The first-order valence-electron chi connectivity index (χ1n) is 5.88. The second kappa shape index (κ2) is 3.93. The molecule has 1 aliphatic carbocycles. The summed E-state index contributed by atoms with van der Waals surface area (Å²) in [7, 11) is 0. The normalized spacial score (nSPS) is 32.1. The number of carbonyl (C=O) groups is 1. The fourth-order valence-corrected chi connectivity index (χ4v) is 3.22. The monoisotopic (exact) mass is 286 g/mol. The Kier molecular flexibility index (Phi) is 2.57. The van der Waals surface area contributed by atoms with Crippen LogP contribution in [0.5, 0.6) is 0 Å². The first-order valence-corrected chi connectivity index (χ1v) is 6.26. The average Bonchev–Trinajstić information content (AvgIpc) is 2.72. The molecule has 102 valence electrons. The lowest BCUT2D eigenvalue weighted by Crippen LogP contribution is -2.43. The topological polar surface area (TPSA) is 78.4 Å². The third kappa shape index (κ3) is 1.80. The molecule has 6 nitrogen and oxygen atoms in total. The quantitative estimate of drug-likeness (QED) is 0.803. The van der Waals surface area contributed by atoms with Crippen LogP contribution in [0.2, 0.25) is 5.28 Å². The van der Waals surface area contributed by atoms with Crippen LogP contribution < -0.4 is 10.2 Å². The molecule has 1 saturated heterocycles. The highest BCUT2D eigenvalue weighted by molar-refractivity contribution is 6.28. The summed E-state index contributed by atoms with van der Waals surface area (Å²) in [6.45, 7) is 2.95. The fourth-order valence-electron chi connectivity index (χ4n) is 3.09. The number of rotatable bonds is 2. The average molecular weight is 287 g/mol. The molecule has 3 atom stereocenters. The molecule has 3 rings (SSSR count). The van der Waals surface area contributed by atoms with E-state index in [1.165, 1.54) is 0 Å². The van der Waals surface area contributed by atoms with Gasteiger partial charge in [0.2, 0.25) is 5.28 Å². The van der Waals surface area contributed by atoms with Gasteiger partial charge in [-0.2, -0.15) is 4.98 Å². The van der Waals surface area contributed by atoms with Crippen LogP contribution in [0, 0.1) is 17.7 Å². The Bertz CT molecular complexity index is 557. The van der Waals surface area contributed by atoms with Gasteiger partial charge in [-0.25, -0.2) is 14.2 Å². The van der Waals surface area contributed by atoms with E-state index in [1.54, 1.807) is 4.90 Å². The Morgan fingerprint density at radius 1 is 1.74 bits per heavy atom. The molecular weight excluding hydrogens is 275 g/mol. The summed E-state index contributed by atoms with van der Waals surface area (Å²) < 4.78 is 13.7. The Balaban J connectivity index is 1.84. The lowest BCUT2D eigenvalue weighted by atomic mass is 10.2. The van der Waals surface area contributed by atoms with Gasteiger partial charge in [-0.05, 0) is 17.5 Å². The Labute approximate surface area is 113 Å². The summed E-state index contributed by atoms with van der Waals surface area (Å²) in [5.74, 6) is 0.00625. The predicted octanol–water partition coefficient (Wildman–Crippen LogP) is 1.36. The van der Waals surface area contributed by atoms with Crippen molar-refractivity contribution in [3.05, 3.63) is 17.3 Å². The fraction of sp³-hybridized carbons (Fsp3) is 0.545. The molecule has 19 heavy (non-hydrogen) atoms. The van der Waals surface area contributed by atoms with Crippen molar-refractivity contribution in [3.63, 3.8) is 0 Å². The van der Waals surface area contributed by atoms with Gasteiger partial charge in [-0.15, -0.1) is 0 Å². The zero-order valence-electron chi connectivity index (χ0n) is 10.1. The lowest BCUT2D eigenvalue weighted by Gasteiger charge is -2.23. The van der Waals surface area contributed by atoms with Gasteiger partial charge in [-0.1, -0.05) is 6.92 Å². The third-order valence-corrected chi connectivity index (χ3v) is 4.36. The van der Waals surface area contributed by atoms with Crippen molar-refractivity contribution >= 4 is 23.5 Å². The van der Waals surface area contributed by atoms with Gasteiger partial charge in [0, 0.05) is 19.0 Å². The van der Waals surface area contributed by atoms with Gasteiger partial charge in [0.05, 0.1) is 11.7 Å². The van der Waals surface area contributed by atoms with Gasteiger partial charge < -0.3 is 15.3 Å². The van der Waals surface area contributed by atoms with E-state index in [0.29, 0.717) is 13.1 Å². The van der Waals surface area contributed by atoms with E-state index in [0.717, 1.165) is 6.20 Å². The van der Waals surface area contributed by atoms with Crippen LogP contribution in [0.15, 0.2) is 6.20 Å². The predicted molar refractivity (Wildman–Crippen MR) is 65.8 cm³/mol. The number of halogens is 2. The summed E-state index contributed by atoms with van der Waals surface area (Å²) in [5.41, 5.74) is -0.490. The van der Waals surface area contributed by atoms with Crippen LogP contribution in [0.3, 0.4) is 0 Å². The molecule has 0 spiro atoms. The molecule has 1 aromatic heterocycles. The molecule has 2 N–H and O–H groups in total. The van der Waals surface area contributed by atoms with E-state index in [-0.39, 0.29) is 22.9 Å². The molecule has 8 heteroatoms. The van der Waals surface area contributed by atoms with E-state index < -0.39 is 17.4 Å². The second-order valence-corrected chi connectivity index (χ2v) is 5.39. The van der Waals surface area contributed by atoms with Crippen molar-refractivity contribution in [1.29, 1.82) is 0 Å². The number of hydrogen-bond donors (Lipinski definition) is 2. The SMILES string of the molecule is C[C@H]1[C@H]2CN(c3nc(Cl)ncc3F)C[C@@]21NC(=O)O. The second-order valence-electron chi connectivity index (χ2n) is 5.06. The van der Waals surface area contributed by atoms with Gasteiger partial charge >= 0.3 is 6.09 Å². The summed E-state index contributed by atoms with van der Waals surface area (Å²) in [4.78, 5) is 20.0. The molecule has 2 aliphatic rings. The van der Waals surface area contributed by atoms with Crippen molar-refractivity contribution < 1.29 is 14.3 Å². The van der Waals surface area contributed by atoms with Crippen molar-refractivity contribution in [3.8, 4) is 0 Å². The van der Waals surface area contributed by atoms with Gasteiger partial charge in [0.25, 0.3) is 0 Å². The maximum absolute atomic E-state index is 13.7. The van der Waals surface area contributed by atoms with Crippen molar-refractivity contribution in [2.24, 2.45) is 11.8 Å². The summed E-state index contributed by atoms with van der Waals surface area (Å²) in [6.07, 6.45) is -0.0348. The molecule has 0 bridgehead atoms. The smallest absolute Gasteiger partial charge is 0.405 e. The number of nitrogens with one attached hydrogen (secondary N) is 1. The number of hydrogen-bond acceptors (Lipinski definition) is 4. The van der Waals surface area contributed by atoms with E-state index in [4.69, 9.17) is 16.7 Å². The Morgan fingerprint density at radius 2 is 2.47 bits per heavy atom. The molecule has 1 amide bonds. The van der Waals surface area contributed by atoms with Crippen LogP contribution >= 0.6 is 11.6 Å². The number of anilines is 1. The molecule has 2 heterocycles. The zero-order chi connectivity index (χ0) is 13.8. The van der Waals surface area contributed by atoms with E-state index in [1.807, 2.05) is 6.92 Å². The number of amides is 1. The minimum atomic E-state index is -1.06. The molecule has 2 fully saturated rings. The maximum Gasteiger partial charge on any atom is 0.405 e. The largest absolute Gasteiger partial charge is 0.465 e. The van der Waals surface area contributed by atoms with Crippen molar-refractivity contribution in [1.82, 2.24) is 15.3 Å². The molecule has 1 aliphatic heterocycles. The standard InChI is InChI=1S/C11H12ClFN4O2/c1-5-6-3-17(4-11(5,6)16-10(18)19)8-7(13)2-14-9(12)15-8/h2,5-6,16H,3-4H2,1H3,(H,18,19)/t5-,6+,11-/m0/s1.